The van der Waals surface area contributed by atoms with Crippen LogP contribution in [-0.4, -0.2) is 75.7 Å². The molecule has 8 rings (SSSR count). The number of nitriles is 2. The zero-order valence-electron chi connectivity index (χ0n) is 24.8. The molecule has 7 heterocycles. The summed E-state index contributed by atoms with van der Waals surface area (Å²) in [6, 6.07) is 6.42. The lowest BCUT2D eigenvalue weighted by Gasteiger charge is -2.50. The first-order chi connectivity index (χ1) is 21.8. The minimum atomic E-state index is -0.872. The Hall–Kier alpha value is -4.45. The van der Waals surface area contributed by atoms with Gasteiger partial charge in [0.1, 0.15) is 41.6 Å². The molecule has 2 atom stereocenters. The van der Waals surface area contributed by atoms with Gasteiger partial charge in [-0.15, -0.1) is 11.3 Å². The summed E-state index contributed by atoms with van der Waals surface area (Å²) in [5, 5.41) is 24.3. The van der Waals surface area contributed by atoms with Crippen molar-refractivity contribution in [3.63, 3.8) is 0 Å². The molecule has 0 aromatic carbocycles. The number of halogens is 1. The first-order valence-electron chi connectivity index (χ1n) is 15.5. The Balaban J connectivity index is 1.15. The van der Waals surface area contributed by atoms with E-state index in [0.717, 1.165) is 49.9 Å². The van der Waals surface area contributed by atoms with Crippen molar-refractivity contribution in [2.24, 2.45) is 0 Å². The van der Waals surface area contributed by atoms with Crippen molar-refractivity contribution in [1.82, 2.24) is 24.6 Å². The number of nitrogens with zero attached hydrogens (tertiary/aromatic N) is 10. The number of ether oxygens (including phenoxy) is 1. The molecule has 230 valence electrons. The van der Waals surface area contributed by atoms with Crippen LogP contribution >= 0.6 is 11.3 Å². The van der Waals surface area contributed by atoms with Crippen LogP contribution in [0.4, 0.5) is 26.7 Å². The molecule has 3 aromatic heterocycles. The van der Waals surface area contributed by atoms with Gasteiger partial charge in [-0.1, -0.05) is 0 Å². The van der Waals surface area contributed by atoms with Crippen LogP contribution in [0.15, 0.2) is 6.07 Å². The molecule has 45 heavy (non-hydrogen) atoms. The van der Waals surface area contributed by atoms with Gasteiger partial charge in [0.15, 0.2) is 5.69 Å². The summed E-state index contributed by atoms with van der Waals surface area (Å²) in [7, 11) is 0. The molecule has 5 aliphatic rings. The molecule has 3 saturated heterocycles. The summed E-state index contributed by atoms with van der Waals surface area (Å²) in [5.74, 6) is 0.996. The molecule has 0 amide bonds. The predicted molar refractivity (Wildman–Crippen MR) is 165 cm³/mol. The van der Waals surface area contributed by atoms with Gasteiger partial charge in [0.2, 0.25) is 0 Å². The van der Waals surface area contributed by atoms with Crippen molar-refractivity contribution in [1.29, 1.82) is 10.5 Å². The number of rotatable bonds is 5. The molecule has 0 saturated carbocycles. The van der Waals surface area contributed by atoms with Gasteiger partial charge in [0.05, 0.1) is 29.9 Å². The minimum Gasteiger partial charge on any atom is -0.461 e. The lowest BCUT2D eigenvalue weighted by Crippen LogP contribution is -2.59. The lowest BCUT2D eigenvalue weighted by atomic mass is 9.74. The summed E-state index contributed by atoms with van der Waals surface area (Å²) in [5.41, 5.74) is 8.89. The average molecular weight is 626 g/mol. The molecule has 0 radical (unpaired) electrons. The Morgan fingerprint density at radius 2 is 1.96 bits per heavy atom. The van der Waals surface area contributed by atoms with Crippen LogP contribution in [0, 0.1) is 29.2 Å². The highest BCUT2D eigenvalue weighted by Gasteiger charge is 2.53. The summed E-state index contributed by atoms with van der Waals surface area (Å²) in [6.07, 6.45) is 4.01. The second kappa shape index (κ2) is 10.3. The fraction of sp³-hybridized carbons (Fsp3) is 0.548. The zero-order valence-corrected chi connectivity index (χ0v) is 25.6. The highest BCUT2D eigenvalue weighted by Crippen LogP contribution is 2.54. The Bertz CT molecular complexity index is 1830. The average Bonchev–Trinajstić information content (AvgIpc) is 3.79. The Labute approximate surface area is 264 Å². The maximum absolute atomic E-state index is 14.5. The van der Waals surface area contributed by atoms with Crippen LogP contribution in [0.5, 0.6) is 6.01 Å². The van der Waals surface area contributed by atoms with Crippen molar-refractivity contribution in [3.8, 4) is 18.1 Å². The van der Waals surface area contributed by atoms with Crippen LogP contribution in [0.2, 0.25) is 0 Å². The van der Waals surface area contributed by atoms with E-state index >= 15 is 0 Å². The van der Waals surface area contributed by atoms with Crippen LogP contribution < -0.4 is 20.3 Å². The summed E-state index contributed by atoms with van der Waals surface area (Å²) < 4.78 is 22.7. The Kier molecular flexibility index (Phi) is 6.42. The van der Waals surface area contributed by atoms with Crippen LogP contribution in [-0.2, 0) is 24.9 Å². The highest BCUT2D eigenvalue weighted by molar-refractivity contribution is 7.16. The molecule has 14 heteroatoms. The van der Waals surface area contributed by atoms with Gasteiger partial charge in [0.25, 0.3) is 5.69 Å². The largest absolute Gasteiger partial charge is 0.461 e. The van der Waals surface area contributed by atoms with Gasteiger partial charge in [-0.05, 0) is 50.3 Å². The zero-order chi connectivity index (χ0) is 30.9. The third-order valence-corrected chi connectivity index (χ3v) is 11.4. The first-order valence-corrected chi connectivity index (χ1v) is 16.3. The highest BCUT2D eigenvalue weighted by atomic mass is 32.1. The van der Waals surface area contributed by atoms with Crippen molar-refractivity contribution in [3.05, 3.63) is 44.9 Å². The maximum atomic E-state index is 14.5. The van der Waals surface area contributed by atoms with E-state index in [1.807, 2.05) is 4.68 Å². The quantitative estimate of drug-likeness (QED) is 0.418. The van der Waals surface area contributed by atoms with E-state index in [1.54, 1.807) is 6.07 Å². The van der Waals surface area contributed by atoms with E-state index in [4.69, 9.17) is 27.0 Å². The molecule has 3 fully saturated rings. The summed E-state index contributed by atoms with van der Waals surface area (Å²) in [6.45, 7) is 12.8. The predicted octanol–water partition coefficient (Wildman–Crippen LogP) is 3.68. The molecule has 0 unspecified atom stereocenters. The fourth-order valence-electron chi connectivity index (χ4n) is 8.34. The van der Waals surface area contributed by atoms with E-state index in [1.165, 1.54) is 16.2 Å². The second-order valence-electron chi connectivity index (χ2n) is 13.0. The number of hydrogen-bond donors (Lipinski definition) is 1. The normalized spacial score (nSPS) is 24.7. The molecule has 0 bridgehead atoms. The van der Waals surface area contributed by atoms with Gasteiger partial charge in [-0.2, -0.15) is 25.6 Å². The summed E-state index contributed by atoms with van der Waals surface area (Å²) >= 11 is 1.51. The van der Waals surface area contributed by atoms with Crippen LogP contribution in [0.3, 0.4) is 0 Å². The van der Waals surface area contributed by atoms with E-state index in [-0.39, 0.29) is 23.6 Å². The lowest BCUT2D eigenvalue weighted by molar-refractivity contribution is 0.107. The number of hydrogen-bond acceptors (Lipinski definition) is 11. The third-order valence-electron chi connectivity index (χ3n) is 10.4. The number of aryl methyl sites for hydroxylation is 2. The number of nitrogen functional groups attached to an aromatic ring is 1. The fourth-order valence-corrected chi connectivity index (χ4v) is 9.48. The summed E-state index contributed by atoms with van der Waals surface area (Å²) in [4.78, 5) is 21.2. The monoisotopic (exact) mass is 625 g/mol. The molecule has 1 aliphatic carbocycles. The molecule has 4 aliphatic heterocycles. The molecule has 3 aromatic rings. The number of aromatic nitrogens is 4. The molecule has 1 spiro atoms. The second-order valence-corrected chi connectivity index (χ2v) is 14.1. The van der Waals surface area contributed by atoms with Gasteiger partial charge < -0.3 is 20.3 Å². The SMILES string of the molecule is [C-]#[N+]c1c(N2CCCn3nc(C#N)cc3C2)nc(OC[C@@]23CCCN2C[C@H](F)C3)nc1N1CC2(CCc3sc(N)c(C#N)c32)C1. The van der Waals surface area contributed by atoms with Crippen molar-refractivity contribution < 1.29 is 9.13 Å². The first kappa shape index (κ1) is 28.1. The Morgan fingerprint density at radius 3 is 2.73 bits per heavy atom. The third kappa shape index (κ3) is 4.33. The van der Waals surface area contributed by atoms with E-state index in [9.17, 15) is 14.9 Å². The minimum absolute atomic E-state index is 0.178. The number of thiophene rings is 1. The van der Waals surface area contributed by atoms with Crippen molar-refractivity contribution in [2.45, 2.75) is 68.7 Å². The molecule has 12 nitrogen and oxygen atoms in total. The van der Waals surface area contributed by atoms with Gasteiger partial charge in [-0.25, -0.2) is 9.24 Å². The number of anilines is 3. The smallest absolute Gasteiger partial charge is 0.317 e. The van der Waals surface area contributed by atoms with Gasteiger partial charge in [-0.3, -0.25) is 9.58 Å². The number of alkyl halides is 1. The standard InChI is InChI=1S/C31H32FN11OS/c1-36-25-27(40-7-3-9-43-21(15-40)10-20(12-33)39-43)37-29(44-18-31-5-2-8-42(31)14-19(32)11-31)38-28(25)41-16-30(17-41)6-4-23-24(30)22(13-34)26(35)45-23/h10,19H,2-9,11,14-18,35H2/t19-,31+/m1/s1. The van der Waals surface area contributed by atoms with Gasteiger partial charge in [0, 0.05) is 49.4 Å². The molecule has 2 N–H and O–H groups in total. The van der Waals surface area contributed by atoms with Gasteiger partial charge >= 0.3 is 6.01 Å². The number of fused-ring (bicyclic) bond motifs is 4. The van der Waals surface area contributed by atoms with E-state index in [0.29, 0.717) is 79.3 Å². The van der Waals surface area contributed by atoms with E-state index < -0.39 is 6.17 Å². The molecular weight excluding hydrogens is 593 g/mol. The Morgan fingerprint density at radius 1 is 1.13 bits per heavy atom. The van der Waals surface area contributed by atoms with Crippen molar-refractivity contribution in [2.75, 3.05) is 54.9 Å². The van der Waals surface area contributed by atoms with Crippen molar-refractivity contribution >= 4 is 33.7 Å². The topological polar surface area (TPSA) is 141 Å². The van der Waals surface area contributed by atoms with E-state index in [2.05, 4.69) is 36.8 Å². The van der Waals surface area contributed by atoms with Crippen LogP contribution in [0.1, 0.15) is 59.5 Å². The number of nitrogens with two attached hydrogens (primary N) is 1. The molecular formula is C31H32FN11OS. The van der Waals surface area contributed by atoms with Crippen LogP contribution in [0.25, 0.3) is 4.85 Å². The maximum Gasteiger partial charge on any atom is 0.317 e.